The fraction of sp³-hybridized carbons (Fsp3) is 0.500. The number of amides is 2. The highest BCUT2D eigenvalue weighted by Crippen LogP contribution is 2.10. The molecule has 1 heterocycles. The topological polar surface area (TPSA) is 66.4 Å². The minimum Gasteiger partial charge on any atom is -0.396 e. The molecule has 0 bridgehead atoms. The number of aliphatic hydroxyl groups excluding tert-OH is 1. The van der Waals surface area contributed by atoms with E-state index < -0.39 is 0 Å². The van der Waals surface area contributed by atoms with Crippen molar-refractivity contribution in [2.75, 3.05) is 6.61 Å². The Morgan fingerprint density at radius 1 is 1.50 bits per heavy atom. The van der Waals surface area contributed by atoms with Crippen LogP contribution in [0.4, 0.5) is 0 Å². The van der Waals surface area contributed by atoms with Crippen LogP contribution < -0.4 is 5.32 Å². The van der Waals surface area contributed by atoms with Gasteiger partial charge in [0, 0.05) is 12.2 Å². The third kappa shape index (κ3) is 2.17. The fourth-order valence-corrected chi connectivity index (χ4v) is 1.04. The Morgan fingerprint density at radius 2 is 2.25 bits per heavy atom. The van der Waals surface area contributed by atoms with E-state index in [1.165, 1.54) is 0 Å². The lowest BCUT2D eigenvalue weighted by Crippen LogP contribution is -2.19. The zero-order chi connectivity index (χ0) is 8.97. The van der Waals surface area contributed by atoms with Gasteiger partial charge in [0.25, 0.3) is 5.91 Å². The van der Waals surface area contributed by atoms with Crippen molar-refractivity contribution in [3.63, 3.8) is 0 Å². The molecule has 1 fully saturated rings. The van der Waals surface area contributed by atoms with E-state index in [4.69, 9.17) is 5.11 Å². The van der Waals surface area contributed by atoms with E-state index in [0.29, 0.717) is 18.4 Å². The van der Waals surface area contributed by atoms with Crippen LogP contribution in [0.25, 0.3) is 0 Å². The highest BCUT2D eigenvalue weighted by Gasteiger charge is 2.22. The predicted octanol–water partition coefficient (Wildman–Crippen LogP) is -0.268. The molecule has 0 radical (unpaired) electrons. The summed E-state index contributed by atoms with van der Waals surface area (Å²) in [4.78, 5) is 21.6. The number of rotatable bonds is 3. The van der Waals surface area contributed by atoms with E-state index in [0.717, 1.165) is 0 Å². The first-order valence-electron chi connectivity index (χ1n) is 3.88. The number of carbonyl (C=O) groups is 2. The van der Waals surface area contributed by atoms with Crippen LogP contribution in [-0.2, 0) is 9.59 Å². The highest BCUT2D eigenvalue weighted by molar-refractivity contribution is 6.13. The summed E-state index contributed by atoms with van der Waals surface area (Å²) in [5, 5.41) is 10.6. The smallest absolute Gasteiger partial charge is 0.253 e. The largest absolute Gasteiger partial charge is 0.396 e. The van der Waals surface area contributed by atoms with E-state index in [2.05, 4.69) is 5.32 Å². The number of hydrogen-bond acceptors (Lipinski definition) is 3. The molecule has 66 valence electrons. The van der Waals surface area contributed by atoms with Gasteiger partial charge in [0.05, 0.1) is 6.42 Å². The minimum absolute atomic E-state index is 0.110. The molecule has 4 nitrogen and oxygen atoms in total. The monoisotopic (exact) mass is 169 g/mol. The van der Waals surface area contributed by atoms with E-state index in [1.54, 1.807) is 6.08 Å². The highest BCUT2D eigenvalue weighted by atomic mass is 16.3. The molecular weight excluding hydrogens is 158 g/mol. The van der Waals surface area contributed by atoms with Crippen LogP contribution in [0.5, 0.6) is 0 Å². The minimum atomic E-state index is -0.294. The van der Waals surface area contributed by atoms with Crippen molar-refractivity contribution >= 4 is 11.8 Å². The average Bonchev–Trinajstić information content (AvgIpc) is 2.31. The molecule has 4 heteroatoms. The number of allylic oxidation sites excluding steroid dienone is 1. The van der Waals surface area contributed by atoms with E-state index in [9.17, 15) is 9.59 Å². The lowest BCUT2D eigenvalue weighted by atomic mass is 10.1. The van der Waals surface area contributed by atoms with Crippen molar-refractivity contribution in [3.05, 3.63) is 11.6 Å². The van der Waals surface area contributed by atoms with Crippen LogP contribution in [0.15, 0.2) is 11.6 Å². The Bertz CT molecular complexity index is 232. The molecule has 0 saturated carbocycles. The number of nitrogens with one attached hydrogen (secondary N) is 1. The molecule has 0 spiro atoms. The van der Waals surface area contributed by atoms with Crippen LogP contribution in [0.2, 0.25) is 0 Å². The summed E-state index contributed by atoms with van der Waals surface area (Å²) < 4.78 is 0. The molecule has 1 aliphatic rings. The van der Waals surface area contributed by atoms with Gasteiger partial charge in [-0.2, -0.15) is 0 Å². The van der Waals surface area contributed by atoms with Gasteiger partial charge in [-0.05, 0) is 12.8 Å². The summed E-state index contributed by atoms with van der Waals surface area (Å²) in [6.45, 7) is 0.110. The molecule has 0 aromatic heterocycles. The molecule has 0 aromatic rings. The molecule has 0 aliphatic carbocycles. The van der Waals surface area contributed by atoms with Crippen LogP contribution in [-0.4, -0.2) is 23.5 Å². The number of hydrogen-bond donors (Lipinski definition) is 2. The fourth-order valence-electron chi connectivity index (χ4n) is 1.04. The van der Waals surface area contributed by atoms with Crippen molar-refractivity contribution in [3.8, 4) is 0 Å². The molecule has 0 unspecified atom stereocenters. The Kier molecular flexibility index (Phi) is 2.99. The second kappa shape index (κ2) is 4.01. The standard InChI is InChI=1S/C8H11NO3/c10-4-2-1-3-6-5-7(11)9-8(6)12/h3,10H,1-2,4-5H2,(H,9,11,12)/b6-3-. The molecule has 0 aromatic carbocycles. The van der Waals surface area contributed by atoms with Gasteiger partial charge in [0.15, 0.2) is 0 Å². The summed E-state index contributed by atoms with van der Waals surface area (Å²) in [6.07, 6.45) is 3.16. The molecule has 1 aliphatic heterocycles. The number of carbonyl (C=O) groups excluding carboxylic acids is 2. The lowest BCUT2D eigenvalue weighted by Gasteiger charge is -1.91. The summed E-state index contributed by atoms with van der Waals surface area (Å²) in [5.74, 6) is -0.534. The summed E-state index contributed by atoms with van der Waals surface area (Å²) >= 11 is 0. The number of unbranched alkanes of at least 4 members (excludes halogenated alkanes) is 1. The van der Waals surface area contributed by atoms with Crippen LogP contribution in [0.3, 0.4) is 0 Å². The van der Waals surface area contributed by atoms with Gasteiger partial charge in [-0.15, -0.1) is 0 Å². The number of aliphatic hydroxyl groups is 1. The summed E-state index contributed by atoms with van der Waals surface area (Å²) in [6, 6.07) is 0. The van der Waals surface area contributed by atoms with Crippen molar-refractivity contribution < 1.29 is 14.7 Å². The van der Waals surface area contributed by atoms with Crippen molar-refractivity contribution in [2.45, 2.75) is 19.3 Å². The van der Waals surface area contributed by atoms with Crippen LogP contribution in [0, 0.1) is 0 Å². The maximum Gasteiger partial charge on any atom is 0.253 e. The molecule has 2 amide bonds. The van der Waals surface area contributed by atoms with Crippen LogP contribution >= 0.6 is 0 Å². The molecule has 1 saturated heterocycles. The third-order valence-electron chi connectivity index (χ3n) is 1.65. The van der Waals surface area contributed by atoms with Crippen molar-refractivity contribution in [1.29, 1.82) is 0 Å². The zero-order valence-electron chi connectivity index (χ0n) is 6.67. The first-order valence-corrected chi connectivity index (χ1v) is 3.88. The maximum atomic E-state index is 10.9. The van der Waals surface area contributed by atoms with Crippen molar-refractivity contribution in [2.24, 2.45) is 0 Å². The molecule has 2 N–H and O–H groups in total. The Morgan fingerprint density at radius 3 is 2.75 bits per heavy atom. The van der Waals surface area contributed by atoms with E-state index in [-0.39, 0.29) is 24.8 Å². The number of imide groups is 1. The molecule has 0 atom stereocenters. The van der Waals surface area contributed by atoms with Gasteiger partial charge in [0.2, 0.25) is 5.91 Å². The normalized spacial score (nSPS) is 20.2. The van der Waals surface area contributed by atoms with Gasteiger partial charge >= 0.3 is 0 Å². The summed E-state index contributed by atoms with van der Waals surface area (Å²) in [5.41, 5.74) is 0.522. The van der Waals surface area contributed by atoms with Crippen LogP contribution in [0.1, 0.15) is 19.3 Å². The van der Waals surface area contributed by atoms with E-state index in [1.807, 2.05) is 0 Å². The van der Waals surface area contributed by atoms with Gasteiger partial charge in [0.1, 0.15) is 0 Å². The maximum absolute atomic E-state index is 10.9. The average molecular weight is 169 g/mol. The lowest BCUT2D eigenvalue weighted by molar-refractivity contribution is -0.124. The molecular formula is C8H11NO3. The Hall–Kier alpha value is -1.16. The third-order valence-corrected chi connectivity index (χ3v) is 1.65. The van der Waals surface area contributed by atoms with Crippen molar-refractivity contribution in [1.82, 2.24) is 5.32 Å². The Labute approximate surface area is 70.3 Å². The first kappa shape index (κ1) is 8.93. The second-order valence-corrected chi connectivity index (χ2v) is 2.65. The molecule has 1 rings (SSSR count). The Balaban J connectivity index is 2.46. The first-order chi connectivity index (χ1) is 5.74. The quantitative estimate of drug-likeness (QED) is 0.347. The van der Waals surface area contributed by atoms with E-state index >= 15 is 0 Å². The predicted molar refractivity (Wildman–Crippen MR) is 42.2 cm³/mol. The van der Waals surface area contributed by atoms with Gasteiger partial charge in [-0.3, -0.25) is 14.9 Å². The van der Waals surface area contributed by atoms with Gasteiger partial charge in [-0.1, -0.05) is 6.08 Å². The van der Waals surface area contributed by atoms with Gasteiger partial charge < -0.3 is 5.11 Å². The second-order valence-electron chi connectivity index (χ2n) is 2.65. The summed E-state index contributed by atoms with van der Waals surface area (Å²) in [7, 11) is 0. The van der Waals surface area contributed by atoms with Gasteiger partial charge in [-0.25, -0.2) is 0 Å². The SMILES string of the molecule is O=C1C/C(=C/CCCO)C(=O)N1. The molecule has 12 heavy (non-hydrogen) atoms. The zero-order valence-corrected chi connectivity index (χ0v) is 6.67.